The standard InChI is InChI=1S/C6H17Cl2NSi2/c1-6-9(10(2,3)7)11(4,5)8/h6H2,1-5H3. The summed E-state index contributed by atoms with van der Waals surface area (Å²) < 4.78 is 2.31. The molecule has 0 saturated carbocycles. The van der Waals surface area contributed by atoms with Gasteiger partial charge in [0.2, 0.25) is 15.1 Å². The zero-order chi connectivity index (χ0) is 9.28. The second-order valence-electron chi connectivity index (χ2n) is 3.56. The average molecular weight is 230 g/mol. The molecule has 0 spiro atoms. The van der Waals surface area contributed by atoms with Crippen LogP contribution in [0.25, 0.3) is 0 Å². The van der Waals surface area contributed by atoms with Crippen LogP contribution in [0.1, 0.15) is 6.92 Å². The first-order valence-corrected chi connectivity index (χ1v) is 11.8. The third-order valence-corrected chi connectivity index (χ3v) is 10.2. The molecular weight excluding hydrogens is 213 g/mol. The topological polar surface area (TPSA) is 3.24 Å². The van der Waals surface area contributed by atoms with Gasteiger partial charge in [0.15, 0.2) is 0 Å². The maximum absolute atomic E-state index is 6.30. The fraction of sp³-hybridized carbons (Fsp3) is 1.00. The molecule has 0 unspecified atom stereocenters. The molecule has 0 aliphatic carbocycles. The van der Waals surface area contributed by atoms with Crippen LogP contribution >= 0.6 is 22.2 Å². The minimum absolute atomic E-state index is 0.978. The van der Waals surface area contributed by atoms with Gasteiger partial charge >= 0.3 is 0 Å². The van der Waals surface area contributed by atoms with E-state index in [0.29, 0.717) is 0 Å². The van der Waals surface area contributed by atoms with Crippen LogP contribution < -0.4 is 0 Å². The van der Waals surface area contributed by atoms with Crippen LogP contribution in [-0.2, 0) is 0 Å². The predicted octanol–water partition coefficient (Wildman–Crippen LogP) is 3.19. The van der Waals surface area contributed by atoms with Gasteiger partial charge in [-0.2, -0.15) is 0 Å². The maximum atomic E-state index is 6.30. The Balaban J connectivity index is 4.43. The zero-order valence-corrected chi connectivity index (χ0v) is 11.4. The SMILES string of the molecule is CCN([Si](C)(C)Cl)[Si](C)(C)Cl. The van der Waals surface area contributed by atoms with E-state index in [1.54, 1.807) is 0 Å². The first kappa shape index (κ1) is 12.0. The number of halogens is 2. The summed E-state index contributed by atoms with van der Waals surface area (Å²) in [4.78, 5) is 0. The van der Waals surface area contributed by atoms with Gasteiger partial charge in [-0.25, -0.2) is 0 Å². The van der Waals surface area contributed by atoms with E-state index in [1.165, 1.54) is 0 Å². The van der Waals surface area contributed by atoms with Crippen molar-refractivity contribution in [2.24, 2.45) is 0 Å². The van der Waals surface area contributed by atoms with E-state index in [2.05, 4.69) is 37.3 Å². The van der Waals surface area contributed by atoms with E-state index in [1.807, 2.05) is 0 Å². The Morgan fingerprint density at radius 1 is 1.00 bits per heavy atom. The van der Waals surface area contributed by atoms with Crippen molar-refractivity contribution in [2.75, 3.05) is 6.54 Å². The number of rotatable bonds is 3. The van der Waals surface area contributed by atoms with Gasteiger partial charge in [0.1, 0.15) is 0 Å². The summed E-state index contributed by atoms with van der Waals surface area (Å²) in [6.45, 7) is 11.6. The Hall–Kier alpha value is 0.974. The normalized spacial score (nSPS) is 14.2. The lowest BCUT2D eigenvalue weighted by Gasteiger charge is -2.38. The predicted molar refractivity (Wildman–Crippen MR) is 59.1 cm³/mol. The summed E-state index contributed by atoms with van der Waals surface area (Å²) in [5.74, 6) is 0. The van der Waals surface area contributed by atoms with Gasteiger partial charge in [0, 0.05) is 0 Å². The molecular formula is C6H17Cl2NSi2. The summed E-state index contributed by atoms with van der Waals surface area (Å²) in [5, 5.41) is 0. The Labute approximate surface area is 81.3 Å². The molecule has 0 aromatic rings. The number of hydrogen-bond donors (Lipinski definition) is 0. The van der Waals surface area contributed by atoms with Crippen LogP contribution in [0.4, 0.5) is 0 Å². The van der Waals surface area contributed by atoms with Crippen molar-refractivity contribution in [3.63, 3.8) is 0 Å². The lowest BCUT2D eigenvalue weighted by Crippen LogP contribution is -2.56. The van der Waals surface area contributed by atoms with E-state index in [4.69, 9.17) is 22.2 Å². The highest BCUT2D eigenvalue weighted by Crippen LogP contribution is 2.24. The highest BCUT2D eigenvalue weighted by atomic mass is 35.6. The molecule has 11 heavy (non-hydrogen) atoms. The first-order chi connectivity index (χ1) is 4.69. The van der Waals surface area contributed by atoms with Crippen LogP contribution in [-0.4, -0.2) is 25.9 Å². The fourth-order valence-corrected chi connectivity index (χ4v) is 12.9. The van der Waals surface area contributed by atoms with Crippen LogP contribution in [0.5, 0.6) is 0 Å². The van der Waals surface area contributed by atoms with Crippen LogP contribution in [0, 0.1) is 0 Å². The molecule has 0 heterocycles. The molecule has 0 aliphatic heterocycles. The molecule has 0 bridgehead atoms. The summed E-state index contributed by atoms with van der Waals surface area (Å²) >= 11 is 12.6. The van der Waals surface area contributed by atoms with Crippen molar-refractivity contribution in [3.8, 4) is 0 Å². The van der Waals surface area contributed by atoms with Crippen molar-refractivity contribution >= 4 is 37.2 Å². The molecule has 0 saturated heterocycles. The maximum Gasteiger partial charge on any atom is 0.217 e. The van der Waals surface area contributed by atoms with Gasteiger partial charge in [-0.1, -0.05) is 6.92 Å². The summed E-state index contributed by atoms with van der Waals surface area (Å²) in [5.41, 5.74) is 0. The highest BCUT2D eigenvalue weighted by Gasteiger charge is 2.37. The van der Waals surface area contributed by atoms with E-state index >= 15 is 0 Å². The van der Waals surface area contributed by atoms with Gasteiger partial charge in [-0.3, -0.25) is 0 Å². The molecule has 0 aromatic carbocycles. The van der Waals surface area contributed by atoms with Gasteiger partial charge < -0.3 is 4.23 Å². The lowest BCUT2D eigenvalue weighted by molar-refractivity contribution is 0.675. The minimum Gasteiger partial charge on any atom is -0.322 e. The van der Waals surface area contributed by atoms with Crippen molar-refractivity contribution in [1.82, 2.24) is 4.23 Å². The van der Waals surface area contributed by atoms with Gasteiger partial charge in [-0.15, -0.1) is 22.2 Å². The van der Waals surface area contributed by atoms with Crippen molar-refractivity contribution < 1.29 is 0 Å². The van der Waals surface area contributed by atoms with E-state index < -0.39 is 15.1 Å². The van der Waals surface area contributed by atoms with Crippen LogP contribution in [0.15, 0.2) is 0 Å². The third kappa shape index (κ3) is 3.94. The Morgan fingerprint density at radius 3 is 1.27 bits per heavy atom. The monoisotopic (exact) mass is 229 g/mol. The lowest BCUT2D eigenvalue weighted by atomic mass is 10.8. The quantitative estimate of drug-likeness (QED) is 0.531. The molecule has 0 N–H and O–H groups in total. The van der Waals surface area contributed by atoms with E-state index in [0.717, 1.165) is 6.54 Å². The van der Waals surface area contributed by atoms with E-state index in [9.17, 15) is 0 Å². The largest absolute Gasteiger partial charge is 0.322 e. The van der Waals surface area contributed by atoms with Gasteiger partial charge in [0.25, 0.3) is 0 Å². The van der Waals surface area contributed by atoms with Crippen molar-refractivity contribution in [3.05, 3.63) is 0 Å². The van der Waals surface area contributed by atoms with Crippen LogP contribution in [0.3, 0.4) is 0 Å². The molecule has 0 atom stereocenters. The Morgan fingerprint density at radius 2 is 1.27 bits per heavy atom. The van der Waals surface area contributed by atoms with Gasteiger partial charge in [-0.05, 0) is 32.7 Å². The number of nitrogens with zero attached hydrogens (tertiary/aromatic N) is 1. The molecule has 0 aromatic heterocycles. The summed E-state index contributed by atoms with van der Waals surface area (Å²) in [6.07, 6.45) is 0. The number of hydrogen-bond acceptors (Lipinski definition) is 1. The molecule has 5 heteroatoms. The molecule has 0 amide bonds. The summed E-state index contributed by atoms with van der Waals surface area (Å²) in [7, 11) is -3.37. The Kier molecular flexibility index (Phi) is 4.12. The second-order valence-corrected chi connectivity index (χ2v) is 16.3. The van der Waals surface area contributed by atoms with Gasteiger partial charge in [0.05, 0.1) is 0 Å². The van der Waals surface area contributed by atoms with Crippen LogP contribution in [0.2, 0.25) is 26.2 Å². The molecule has 0 radical (unpaired) electrons. The molecule has 0 aliphatic rings. The Bertz CT molecular complexity index is 114. The first-order valence-electron chi connectivity index (χ1n) is 3.85. The molecule has 68 valence electrons. The van der Waals surface area contributed by atoms with Crippen molar-refractivity contribution in [2.45, 2.75) is 33.1 Å². The zero-order valence-electron chi connectivity index (χ0n) is 7.91. The molecule has 1 nitrogen and oxygen atoms in total. The summed E-state index contributed by atoms with van der Waals surface area (Å²) in [6, 6.07) is 0. The average Bonchev–Trinajstić information content (AvgIpc) is 1.56. The van der Waals surface area contributed by atoms with Crippen molar-refractivity contribution in [1.29, 1.82) is 0 Å². The highest BCUT2D eigenvalue weighted by molar-refractivity contribution is 7.28. The smallest absolute Gasteiger partial charge is 0.217 e. The minimum atomic E-state index is -1.69. The molecule has 0 rings (SSSR count). The third-order valence-electron chi connectivity index (χ3n) is 1.60. The molecule has 0 fully saturated rings. The second kappa shape index (κ2) is 3.79. The fourth-order valence-electron chi connectivity index (χ4n) is 1.38. The van der Waals surface area contributed by atoms with E-state index in [-0.39, 0.29) is 0 Å².